The predicted octanol–water partition coefficient (Wildman–Crippen LogP) is 2.47. The van der Waals surface area contributed by atoms with Gasteiger partial charge in [0.25, 0.3) is 0 Å². The Balaban J connectivity index is 2.33. The fourth-order valence-electron chi connectivity index (χ4n) is 1.38. The van der Waals surface area contributed by atoms with Gasteiger partial charge in [-0.25, -0.2) is 0 Å². The Kier molecular flexibility index (Phi) is 1.29. The molecule has 0 radical (unpaired) electrons. The Hall–Kier alpha value is -2.36. The summed E-state index contributed by atoms with van der Waals surface area (Å²) < 4.78 is 32.4. The predicted molar refractivity (Wildman–Crippen MR) is 61.6 cm³/mol. The Labute approximate surface area is 98.0 Å². The molecule has 4 nitrogen and oxygen atoms in total. The maximum atomic E-state index is 8.09. The summed E-state index contributed by atoms with van der Waals surface area (Å²) in [5.74, 6) is 0. The van der Waals surface area contributed by atoms with Crippen molar-refractivity contribution in [1.29, 1.82) is 0 Å². The monoisotopic (exact) mass is 214 g/mol. The quantitative estimate of drug-likeness (QED) is 0.688. The molecular formula is C12H10N4. The van der Waals surface area contributed by atoms with Crippen molar-refractivity contribution >= 4 is 0 Å². The highest BCUT2D eigenvalue weighted by atomic mass is 15.1. The molecule has 0 bridgehead atoms. The number of nitrogens with zero attached hydrogens (tertiary/aromatic N) is 2. The van der Waals surface area contributed by atoms with E-state index in [1.54, 1.807) is 12.4 Å². The summed E-state index contributed by atoms with van der Waals surface area (Å²) in [5.41, 5.74) is 1.53. The van der Waals surface area contributed by atoms with Crippen LogP contribution >= 0.6 is 0 Å². The molecule has 0 aliphatic rings. The summed E-state index contributed by atoms with van der Waals surface area (Å²) in [5, 5.41) is 12.8. The van der Waals surface area contributed by atoms with E-state index in [0.29, 0.717) is 11.1 Å². The van der Waals surface area contributed by atoms with Crippen LogP contribution in [0.5, 0.6) is 0 Å². The number of benzene rings is 1. The number of hydrogen-bond donors (Lipinski definition) is 2. The second kappa shape index (κ2) is 3.66. The molecule has 0 aliphatic heterocycles. The molecule has 3 aromatic rings. The molecule has 1 aromatic carbocycles. The number of H-pyrrole nitrogens is 2. The molecule has 0 fully saturated rings. The van der Waals surface area contributed by atoms with Gasteiger partial charge in [0.1, 0.15) is 0 Å². The first-order valence-electron chi connectivity index (χ1n) is 6.70. The highest BCUT2D eigenvalue weighted by Crippen LogP contribution is 2.23. The van der Waals surface area contributed by atoms with Crippen LogP contribution in [0.15, 0.2) is 49.0 Å². The molecule has 4 heteroatoms. The minimum Gasteiger partial charge on any atom is -0.285 e. The maximum absolute atomic E-state index is 8.09. The van der Waals surface area contributed by atoms with Crippen LogP contribution in [0, 0.1) is 0 Å². The van der Waals surface area contributed by atoms with Gasteiger partial charge in [-0.1, -0.05) is 24.2 Å². The molecule has 78 valence electrons. The second-order valence-electron chi connectivity index (χ2n) is 3.22. The number of aromatic amines is 2. The number of hydrogen-bond acceptors (Lipinski definition) is 2. The minimum absolute atomic E-state index is 0.0939. The maximum Gasteiger partial charge on any atom is 0.0629 e. The van der Waals surface area contributed by atoms with Crippen molar-refractivity contribution in [3.63, 3.8) is 0 Å². The minimum atomic E-state index is -0.0939. The van der Waals surface area contributed by atoms with Crippen molar-refractivity contribution in [2.24, 2.45) is 0 Å². The van der Waals surface area contributed by atoms with Crippen LogP contribution in [0.3, 0.4) is 0 Å². The second-order valence-corrected chi connectivity index (χ2v) is 3.22. The van der Waals surface area contributed by atoms with E-state index in [0.717, 1.165) is 0 Å². The lowest BCUT2D eigenvalue weighted by Crippen LogP contribution is -1.76. The van der Waals surface area contributed by atoms with E-state index in [9.17, 15) is 0 Å². The molecule has 2 aromatic heterocycles. The summed E-state index contributed by atoms with van der Waals surface area (Å²) in [7, 11) is 0. The van der Waals surface area contributed by atoms with Crippen LogP contribution in [0.4, 0.5) is 0 Å². The number of rotatable bonds is 2. The van der Waals surface area contributed by atoms with Crippen molar-refractivity contribution in [2.45, 2.75) is 0 Å². The van der Waals surface area contributed by atoms with E-state index < -0.39 is 0 Å². The fraction of sp³-hybridized carbons (Fsp3) is 0. The lowest BCUT2D eigenvalue weighted by Gasteiger charge is -1.99. The van der Waals surface area contributed by atoms with Gasteiger partial charge in [0.2, 0.25) is 0 Å². The third-order valence-corrected chi connectivity index (χ3v) is 2.20. The highest BCUT2D eigenvalue weighted by Gasteiger charge is 2.01. The average molecular weight is 214 g/mol. The van der Waals surface area contributed by atoms with Crippen LogP contribution in [0.2, 0.25) is 0 Å². The van der Waals surface area contributed by atoms with Crippen molar-refractivity contribution < 1.29 is 5.48 Å². The first-order chi connectivity index (χ1) is 9.61. The van der Waals surface area contributed by atoms with Gasteiger partial charge in [0.15, 0.2) is 0 Å². The molecule has 0 amide bonds. The third kappa shape index (κ3) is 1.50. The van der Waals surface area contributed by atoms with Gasteiger partial charge in [-0.05, 0) is 11.1 Å². The summed E-state index contributed by atoms with van der Waals surface area (Å²) in [6.45, 7) is 0. The van der Waals surface area contributed by atoms with Gasteiger partial charge in [-0.15, -0.1) is 0 Å². The molecule has 0 saturated carbocycles. The Bertz CT molecular complexity index is 656. The van der Waals surface area contributed by atoms with Crippen molar-refractivity contribution in [2.75, 3.05) is 0 Å². The fourth-order valence-corrected chi connectivity index (χ4v) is 1.38. The van der Waals surface area contributed by atoms with E-state index in [2.05, 4.69) is 20.4 Å². The number of nitrogens with one attached hydrogen (secondary N) is 2. The van der Waals surface area contributed by atoms with E-state index in [-0.39, 0.29) is 35.3 Å². The third-order valence-electron chi connectivity index (χ3n) is 2.20. The van der Waals surface area contributed by atoms with Crippen LogP contribution < -0.4 is 0 Å². The Morgan fingerprint density at radius 2 is 1.19 bits per heavy atom. The topological polar surface area (TPSA) is 57.4 Å². The average Bonchev–Trinajstić information content (AvgIpc) is 3.10. The van der Waals surface area contributed by atoms with Crippen molar-refractivity contribution in [3.8, 4) is 22.3 Å². The number of aromatic nitrogens is 4. The Morgan fingerprint density at radius 1 is 0.750 bits per heavy atom. The molecule has 2 heterocycles. The molecule has 0 unspecified atom stereocenters. The summed E-state index contributed by atoms with van der Waals surface area (Å²) in [6, 6.07) is -0.376. The van der Waals surface area contributed by atoms with Crippen LogP contribution in [0.1, 0.15) is 5.48 Å². The van der Waals surface area contributed by atoms with Crippen LogP contribution in [0.25, 0.3) is 22.3 Å². The van der Waals surface area contributed by atoms with Gasteiger partial charge >= 0.3 is 0 Å². The standard InChI is InChI=1S/C12H10N4/c1-2-10(12-7-15-16-8-12)4-3-9(1)11-5-13-14-6-11/h1-8H,(H,13,14)(H,15,16)/i1D,2D,3D,4D. The first kappa shape index (κ1) is 5.65. The van der Waals surface area contributed by atoms with Crippen LogP contribution in [-0.4, -0.2) is 20.4 Å². The van der Waals surface area contributed by atoms with E-state index in [4.69, 9.17) is 5.48 Å². The van der Waals surface area contributed by atoms with E-state index >= 15 is 0 Å². The van der Waals surface area contributed by atoms with Gasteiger partial charge in [0, 0.05) is 23.5 Å². The van der Waals surface area contributed by atoms with Crippen molar-refractivity contribution in [3.05, 3.63) is 49.0 Å². The van der Waals surface area contributed by atoms with Gasteiger partial charge in [-0.2, -0.15) is 10.2 Å². The van der Waals surface area contributed by atoms with Crippen molar-refractivity contribution in [1.82, 2.24) is 20.4 Å². The molecule has 0 aliphatic carbocycles. The largest absolute Gasteiger partial charge is 0.285 e. The van der Waals surface area contributed by atoms with Crippen LogP contribution in [-0.2, 0) is 0 Å². The smallest absolute Gasteiger partial charge is 0.0629 e. The first-order valence-corrected chi connectivity index (χ1v) is 4.70. The van der Waals surface area contributed by atoms with E-state index in [1.165, 1.54) is 12.4 Å². The molecular weight excluding hydrogens is 200 g/mol. The van der Waals surface area contributed by atoms with Gasteiger partial charge < -0.3 is 0 Å². The molecule has 0 atom stereocenters. The molecule has 0 saturated heterocycles. The lowest BCUT2D eigenvalue weighted by atomic mass is 10.0. The summed E-state index contributed by atoms with van der Waals surface area (Å²) in [4.78, 5) is 0. The normalized spacial score (nSPS) is 14.0. The van der Waals surface area contributed by atoms with E-state index in [1.807, 2.05) is 0 Å². The molecule has 16 heavy (non-hydrogen) atoms. The highest BCUT2D eigenvalue weighted by molar-refractivity contribution is 5.68. The Morgan fingerprint density at radius 3 is 1.50 bits per heavy atom. The summed E-state index contributed by atoms with van der Waals surface area (Å²) >= 11 is 0. The zero-order chi connectivity index (χ0) is 14.3. The molecule has 3 rings (SSSR count). The van der Waals surface area contributed by atoms with Gasteiger partial charge in [-0.3, -0.25) is 10.2 Å². The molecule has 0 spiro atoms. The molecule has 2 N–H and O–H groups in total. The zero-order valence-corrected chi connectivity index (χ0v) is 8.20. The SMILES string of the molecule is [2H]c1c([2H])c(-c2cn[nH]c2)c([2H])c([2H])c1-c1cn[nH]c1. The zero-order valence-electron chi connectivity index (χ0n) is 12.2. The van der Waals surface area contributed by atoms with Gasteiger partial charge in [0.05, 0.1) is 17.9 Å². The summed E-state index contributed by atoms with van der Waals surface area (Å²) in [6.07, 6.45) is 6.03. The lowest BCUT2D eigenvalue weighted by molar-refractivity contribution is 1.09.